The lowest BCUT2D eigenvalue weighted by atomic mass is 9.97. The molecule has 1 saturated heterocycles. The fraction of sp³-hybridized carbons (Fsp3) is 0.233. The summed E-state index contributed by atoms with van der Waals surface area (Å²) in [6.07, 6.45) is 3.32. The van der Waals surface area contributed by atoms with Crippen LogP contribution in [0.3, 0.4) is 0 Å². The van der Waals surface area contributed by atoms with E-state index >= 15 is 0 Å². The van der Waals surface area contributed by atoms with Crippen molar-refractivity contribution >= 4 is 22.6 Å². The molecule has 0 bridgehead atoms. The summed E-state index contributed by atoms with van der Waals surface area (Å²) in [6.45, 7) is 0.521. The second-order valence-electron chi connectivity index (χ2n) is 8.96. The van der Waals surface area contributed by atoms with Crippen molar-refractivity contribution < 1.29 is 14.3 Å². The number of Topliss-reactive ketones (excluding diaryl/α,β-unsaturated/α-hetero) is 1. The topological polar surface area (TPSA) is 59.5 Å². The van der Waals surface area contributed by atoms with E-state index in [4.69, 9.17) is 4.74 Å². The molecule has 4 aromatic rings. The lowest BCUT2D eigenvalue weighted by molar-refractivity contribution is 0.0680. The van der Waals surface area contributed by atoms with Gasteiger partial charge < -0.3 is 9.64 Å². The normalized spacial score (nSPS) is 17.6. The van der Waals surface area contributed by atoms with Crippen LogP contribution in [0.4, 0.5) is 0 Å². The van der Waals surface area contributed by atoms with E-state index in [9.17, 15) is 9.59 Å². The minimum Gasteiger partial charge on any atom is -0.380 e. The summed E-state index contributed by atoms with van der Waals surface area (Å²) in [6, 6.07) is 27.1. The average molecular weight is 465 g/mol. The zero-order valence-electron chi connectivity index (χ0n) is 19.8. The van der Waals surface area contributed by atoms with Crippen LogP contribution in [0.15, 0.2) is 91.1 Å². The summed E-state index contributed by atoms with van der Waals surface area (Å²) in [7, 11) is 1.68. The Morgan fingerprint density at radius 3 is 2.49 bits per heavy atom. The molecule has 2 heterocycles. The predicted molar refractivity (Wildman–Crippen MR) is 137 cm³/mol. The number of fused-ring (bicyclic) bond motifs is 1. The molecule has 0 aliphatic carbocycles. The Hall–Kier alpha value is -3.83. The average Bonchev–Trinajstić information content (AvgIpc) is 3.35. The molecule has 35 heavy (non-hydrogen) atoms. The number of aromatic nitrogens is 1. The Kier molecular flexibility index (Phi) is 6.68. The number of benzene rings is 3. The van der Waals surface area contributed by atoms with Crippen LogP contribution >= 0.6 is 0 Å². The summed E-state index contributed by atoms with van der Waals surface area (Å²) in [4.78, 5) is 33.3. The Bertz CT molecular complexity index is 1350. The predicted octanol–water partition coefficient (Wildman–Crippen LogP) is 5.79. The number of para-hydroxylation sites is 1. The first-order valence-electron chi connectivity index (χ1n) is 12.0. The van der Waals surface area contributed by atoms with E-state index in [2.05, 4.69) is 4.98 Å². The van der Waals surface area contributed by atoms with Crippen LogP contribution in [0, 0.1) is 0 Å². The van der Waals surface area contributed by atoms with Crippen molar-refractivity contribution in [1.82, 2.24) is 9.88 Å². The van der Waals surface area contributed by atoms with Gasteiger partial charge in [0.1, 0.15) is 0 Å². The van der Waals surface area contributed by atoms with Gasteiger partial charge in [0.2, 0.25) is 0 Å². The molecule has 1 amide bonds. The van der Waals surface area contributed by atoms with Gasteiger partial charge in [-0.3, -0.25) is 14.6 Å². The first-order valence-corrected chi connectivity index (χ1v) is 12.0. The van der Waals surface area contributed by atoms with Gasteiger partial charge in [-0.1, -0.05) is 66.7 Å². The fourth-order valence-corrected chi connectivity index (χ4v) is 5.02. The van der Waals surface area contributed by atoms with Crippen molar-refractivity contribution in [3.63, 3.8) is 0 Å². The van der Waals surface area contributed by atoms with E-state index in [1.807, 2.05) is 89.8 Å². The summed E-state index contributed by atoms with van der Waals surface area (Å²) >= 11 is 0. The van der Waals surface area contributed by atoms with Crippen LogP contribution in [0.5, 0.6) is 0 Å². The molecule has 0 spiro atoms. The number of hydrogen-bond acceptors (Lipinski definition) is 4. The smallest absolute Gasteiger partial charge is 0.254 e. The van der Waals surface area contributed by atoms with Crippen LogP contribution in [-0.4, -0.2) is 47.4 Å². The first kappa shape index (κ1) is 22.9. The second-order valence-corrected chi connectivity index (χ2v) is 8.96. The standard InChI is InChI=1S/C30H28N2O3/c1-35-24-19-23(16-17-28(33)27-15-7-11-22-12-8-18-31-29(22)27)32(20-24)30(34)26-14-6-5-13-25(26)21-9-3-2-4-10-21/h2-15,18,23-24H,16-17,19-20H2,1H3/t23-,24-/m1/s1. The summed E-state index contributed by atoms with van der Waals surface area (Å²) in [5.74, 6) is 0.0283. The minimum absolute atomic E-state index is 0.0201. The van der Waals surface area contributed by atoms with Crippen molar-refractivity contribution in [2.45, 2.75) is 31.4 Å². The maximum Gasteiger partial charge on any atom is 0.254 e. The molecular formula is C30H28N2O3. The van der Waals surface area contributed by atoms with Crippen molar-refractivity contribution in [2.24, 2.45) is 0 Å². The monoisotopic (exact) mass is 464 g/mol. The van der Waals surface area contributed by atoms with Crippen molar-refractivity contribution in [3.8, 4) is 11.1 Å². The first-order chi connectivity index (χ1) is 17.2. The molecule has 1 fully saturated rings. The molecule has 2 atom stereocenters. The molecule has 0 N–H and O–H groups in total. The second kappa shape index (κ2) is 10.2. The molecule has 5 rings (SSSR count). The number of methoxy groups -OCH3 is 1. The van der Waals surface area contributed by atoms with Gasteiger partial charge in [-0.25, -0.2) is 0 Å². The number of hydrogen-bond donors (Lipinski definition) is 0. The quantitative estimate of drug-likeness (QED) is 0.325. The van der Waals surface area contributed by atoms with Gasteiger partial charge in [0.05, 0.1) is 11.6 Å². The number of ether oxygens (including phenoxy) is 1. The molecule has 5 nitrogen and oxygen atoms in total. The highest BCUT2D eigenvalue weighted by molar-refractivity contribution is 6.06. The lowest BCUT2D eigenvalue weighted by Gasteiger charge is -2.25. The van der Waals surface area contributed by atoms with E-state index in [0.29, 0.717) is 30.5 Å². The summed E-state index contributed by atoms with van der Waals surface area (Å²) < 4.78 is 5.63. The molecule has 3 aromatic carbocycles. The Morgan fingerprint density at radius 1 is 0.914 bits per heavy atom. The summed E-state index contributed by atoms with van der Waals surface area (Å²) in [5.41, 5.74) is 3.96. The molecule has 1 aliphatic rings. The van der Waals surface area contributed by atoms with Gasteiger partial charge in [0.15, 0.2) is 5.78 Å². The number of nitrogens with zero attached hydrogens (tertiary/aromatic N) is 2. The molecule has 176 valence electrons. The molecule has 0 unspecified atom stereocenters. The number of likely N-dealkylation sites (tertiary alicyclic amines) is 1. The highest BCUT2D eigenvalue weighted by Crippen LogP contribution is 2.30. The van der Waals surface area contributed by atoms with E-state index < -0.39 is 0 Å². The van der Waals surface area contributed by atoms with Gasteiger partial charge in [-0.05, 0) is 42.2 Å². The minimum atomic E-state index is -0.0665. The third-order valence-corrected chi connectivity index (χ3v) is 6.85. The molecule has 0 radical (unpaired) electrons. The Morgan fingerprint density at radius 2 is 1.66 bits per heavy atom. The highest BCUT2D eigenvalue weighted by atomic mass is 16.5. The van der Waals surface area contributed by atoms with Gasteiger partial charge in [0.25, 0.3) is 5.91 Å². The third kappa shape index (κ3) is 4.73. The van der Waals surface area contributed by atoms with Gasteiger partial charge >= 0.3 is 0 Å². The Balaban J connectivity index is 1.37. The molecule has 0 saturated carbocycles. The fourth-order valence-electron chi connectivity index (χ4n) is 5.02. The number of ketones is 1. The van der Waals surface area contributed by atoms with E-state index in [0.717, 1.165) is 28.5 Å². The van der Waals surface area contributed by atoms with Crippen molar-refractivity contribution in [2.75, 3.05) is 13.7 Å². The number of carbonyl (C=O) groups is 2. The number of amides is 1. The van der Waals surface area contributed by atoms with E-state index in [1.54, 1.807) is 13.3 Å². The van der Waals surface area contributed by atoms with Crippen molar-refractivity contribution in [1.29, 1.82) is 0 Å². The number of carbonyl (C=O) groups excluding carboxylic acids is 2. The largest absolute Gasteiger partial charge is 0.380 e. The molecule has 5 heteroatoms. The molecule has 1 aliphatic heterocycles. The van der Waals surface area contributed by atoms with E-state index in [1.165, 1.54) is 0 Å². The van der Waals surface area contributed by atoms with Gasteiger partial charge in [-0.2, -0.15) is 0 Å². The Labute approximate surface area is 205 Å². The number of rotatable bonds is 7. The van der Waals surface area contributed by atoms with Gasteiger partial charge in [0, 0.05) is 48.8 Å². The zero-order valence-corrected chi connectivity index (χ0v) is 19.8. The molecule has 1 aromatic heterocycles. The molecular weight excluding hydrogens is 436 g/mol. The summed E-state index contributed by atoms with van der Waals surface area (Å²) in [5, 5.41) is 0.952. The maximum absolute atomic E-state index is 13.8. The SMILES string of the molecule is CO[C@@H]1C[C@@H](CCC(=O)c2cccc3cccnc23)N(C(=O)c2ccccc2-c2ccccc2)C1. The van der Waals surface area contributed by atoms with E-state index in [-0.39, 0.29) is 23.8 Å². The van der Waals surface area contributed by atoms with Crippen LogP contribution in [-0.2, 0) is 4.74 Å². The van der Waals surface area contributed by atoms with Crippen LogP contribution in [0.25, 0.3) is 22.0 Å². The maximum atomic E-state index is 13.8. The zero-order chi connectivity index (χ0) is 24.2. The van der Waals surface area contributed by atoms with Crippen molar-refractivity contribution in [3.05, 3.63) is 102 Å². The van der Waals surface area contributed by atoms with Crippen LogP contribution in [0.2, 0.25) is 0 Å². The van der Waals surface area contributed by atoms with Crippen LogP contribution in [0.1, 0.15) is 40.0 Å². The van der Waals surface area contributed by atoms with Gasteiger partial charge in [-0.15, -0.1) is 0 Å². The lowest BCUT2D eigenvalue weighted by Crippen LogP contribution is -2.36. The number of pyridine rings is 1. The van der Waals surface area contributed by atoms with Crippen LogP contribution < -0.4 is 0 Å². The third-order valence-electron chi connectivity index (χ3n) is 6.85. The highest BCUT2D eigenvalue weighted by Gasteiger charge is 2.36.